The Balaban J connectivity index is 1.43. The fourth-order valence-electron chi connectivity index (χ4n) is 3.69. The molecule has 2 aromatic rings. The van der Waals surface area contributed by atoms with Crippen LogP contribution in [0.1, 0.15) is 54.6 Å². The highest BCUT2D eigenvalue weighted by Crippen LogP contribution is 2.24. The minimum atomic E-state index is -0.960. The van der Waals surface area contributed by atoms with Gasteiger partial charge in [-0.05, 0) is 37.7 Å². The van der Waals surface area contributed by atoms with E-state index in [1.54, 1.807) is 10.9 Å². The average molecular weight is 369 g/mol. The van der Waals surface area contributed by atoms with Crippen LogP contribution >= 0.6 is 0 Å². The van der Waals surface area contributed by atoms with E-state index in [2.05, 4.69) is 17.2 Å². The van der Waals surface area contributed by atoms with Crippen LogP contribution in [0.5, 0.6) is 0 Å². The lowest BCUT2D eigenvalue weighted by atomic mass is 9.98. The molecule has 1 N–H and O–H groups in total. The molecule has 0 bridgehead atoms. The SMILES string of the molecule is CC(CCCc1ccccc1)C(=O)N1CCC(n2cc(C(=O)O)cn2)CC1. The number of carboxylic acid groups (broad SMARTS) is 1. The number of piperidine rings is 1. The number of carboxylic acids is 1. The first-order valence-corrected chi connectivity index (χ1v) is 9.64. The topological polar surface area (TPSA) is 75.4 Å². The van der Waals surface area contributed by atoms with Crippen molar-refractivity contribution in [2.24, 2.45) is 5.92 Å². The van der Waals surface area contributed by atoms with E-state index in [0.717, 1.165) is 32.1 Å². The van der Waals surface area contributed by atoms with Gasteiger partial charge in [0.2, 0.25) is 5.91 Å². The number of likely N-dealkylation sites (tertiary alicyclic amines) is 1. The maximum atomic E-state index is 12.7. The van der Waals surface area contributed by atoms with Gasteiger partial charge in [-0.15, -0.1) is 0 Å². The molecule has 144 valence electrons. The molecule has 0 aliphatic carbocycles. The highest BCUT2D eigenvalue weighted by atomic mass is 16.4. The van der Waals surface area contributed by atoms with E-state index in [4.69, 9.17) is 5.11 Å². The number of carbonyl (C=O) groups excluding carboxylic acids is 1. The van der Waals surface area contributed by atoms with E-state index in [-0.39, 0.29) is 23.4 Å². The summed E-state index contributed by atoms with van der Waals surface area (Å²) >= 11 is 0. The van der Waals surface area contributed by atoms with Gasteiger partial charge in [-0.25, -0.2) is 4.79 Å². The van der Waals surface area contributed by atoms with Crippen LogP contribution in [0.15, 0.2) is 42.7 Å². The molecule has 1 fully saturated rings. The number of benzene rings is 1. The molecule has 1 unspecified atom stereocenters. The summed E-state index contributed by atoms with van der Waals surface area (Å²) in [7, 11) is 0. The molecule has 1 aliphatic heterocycles. The van der Waals surface area contributed by atoms with Gasteiger partial charge in [-0.2, -0.15) is 5.10 Å². The number of aromatic carboxylic acids is 1. The van der Waals surface area contributed by atoms with Crippen LogP contribution in [0, 0.1) is 5.92 Å². The van der Waals surface area contributed by atoms with E-state index >= 15 is 0 Å². The summed E-state index contributed by atoms with van der Waals surface area (Å²) < 4.78 is 1.73. The predicted molar refractivity (Wildman–Crippen MR) is 103 cm³/mol. The van der Waals surface area contributed by atoms with E-state index in [9.17, 15) is 9.59 Å². The first kappa shape index (κ1) is 19.1. The van der Waals surface area contributed by atoms with Crippen LogP contribution in [0.4, 0.5) is 0 Å². The number of aryl methyl sites for hydroxylation is 1. The Morgan fingerprint density at radius 3 is 2.56 bits per heavy atom. The Bertz CT molecular complexity index is 764. The monoisotopic (exact) mass is 369 g/mol. The van der Waals surface area contributed by atoms with Crippen LogP contribution in [0.3, 0.4) is 0 Å². The predicted octanol–water partition coefficient (Wildman–Crippen LogP) is 3.40. The number of rotatable bonds is 7. The zero-order valence-corrected chi connectivity index (χ0v) is 15.8. The molecule has 0 spiro atoms. The third kappa shape index (κ3) is 4.96. The summed E-state index contributed by atoms with van der Waals surface area (Å²) in [4.78, 5) is 25.6. The van der Waals surface area contributed by atoms with Gasteiger partial charge in [-0.3, -0.25) is 9.48 Å². The van der Waals surface area contributed by atoms with Crippen molar-refractivity contribution in [3.63, 3.8) is 0 Å². The lowest BCUT2D eigenvalue weighted by Gasteiger charge is -2.33. The molecule has 1 aliphatic rings. The Morgan fingerprint density at radius 2 is 1.93 bits per heavy atom. The van der Waals surface area contributed by atoms with Gasteiger partial charge in [-0.1, -0.05) is 37.3 Å². The first-order chi connectivity index (χ1) is 13.0. The van der Waals surface area contributed by atoms with Crippen molar-refractivity contribution in [3.05, 3.63) is 53.9 Å². The molecule has 3 rings (SSSR count). The van der Waals surface area contributed by atoms with Gasteiger partial charge in [0.25, 0.3) is 0 Å². The Morgan fingerprint density at radius 1 is 1.22 bits per heavy atom. The molecule has 1 aromatic carbocycles. The maximum Gasteiger partial charge on any atom is 0.338 e. The zero-order chi connectivity index (χ0) is 19.2. The third-order valence-electron chi connectivity index (χ3n) is 5.37. The van der Waals surface area contributed by atoms with Gasteiger partial charge in [0, 0.05) is 25.2 Å². The number of amides is 1. The number of hydrogen-bond acceptors (Lipinski definition) is 3. The molecule has 27 heavy (non-hydrogen) atoms. The standard InChI is InChI=1S/C21H27N3O3/c1-16(6-5-9-17-7-3-2-4-8-17)20(25)23-12-10-19(11-13-23)24-15-18(14-22-24)21(26)27/h2-4,7-8,14-16,19H,5-6,9-13H2,1H3,(H,26,27). The second kappa shape index (κ2) is 8.84. The molecule has 0 saturated carbocycles. The summed E-state index contributed by atoms with van der Waals surface area (Å²) in [5.74, 6) is -0.694. The summed E-state index contributed by atoms with van der Waals surface area (Å²) in [5, 5.41) is 13.2. The van der Waals surface area contributed by atoms with Crippen LogP contribution in [0.25, 0.3) is 0 Å². The lowest BCUT2D eigenvalue weighted by molar-refractivity contribution is -0.136. The zero-order valence-electron chi connectivity index (χ0n) is 15.8. The molecule has 1 aromatic heterocycles. The van der Waals surface area contributed by atoms with Crippen molar-refractivity contribution >= 4 is 11.9 Å². The lowest BCUT2D eigenvalue weighted by Crippen LogP contribution is -2.41. The van der Waals surface area contributed by atoms with Crippen LogP contribution in [0.2, 0.25) is 0 Å². The second-order valence-electron chi connectivity index (χ2n) is 7.35. The fourth-order valence-corrected chi connectivity index (χ4v) is 3.69. The minimum absolute atomic E-state index is 0.0357. The molecule has 1 atom stereocenters. The molecule has 1 amide bonds. The van der Waals surface area contributed by atoms with Crippen molar-refractivity contribution in [2.45, 2.75) is 45.1 Å². The fraction of sp³-hybridized carbons (Fsp3) is 0.476. The number of carbonyl (C=O) groups is 2. The Hall–Kier alpha value is -2.63. The van der Waals surface area contributed by atoms with Gasteiger partial charge in [0.05, 0.1) is 17.8 Å². The summed E-state index contributed by atoms with van der Waals surface area (Å²) in [6.07, 6.45) is 7.50. The number of aromatic nitrogens is 2. The molecule has 0 radical (unpaired) electrons. The Kier molecular flexibility index (Phi) is 6.27. The quantitative estimate of drug-likeness (QED) is 0.812. The molecule has 6 nitrogen and oxygen atoms in total. The Labute approximate surface area is 159 Å². The average Bonchev–Trinajstić information content (AvgIpc) is 3.19. The van der Waals surface area contributed by atoms with Crippen molar-refractivity contribution in [2.75, 3.05) is 13.1 Å². The van der Waals surface area contributed by atoms with Crippen molar-refractivity contribution in [1.82, 2.24) is 14.7 Å². The van der Waals surface area contributed by atoms with E-state index in [1.165, 1.54) is 11.8 Å². The second-order valence-corrected chi connectivity index (χ2v) is 7.35. The maximum absolute atomic E-state index is 12.7. The molecule has 6 heteroatoms. The normalized spacial score (nSPS) is 16.3. The minimum Gasteiger partial charge on any atom is -0.478 e. The van der Waals surface area contributed by atoms with Gasteiger partial charge >= 0.3 is 5.97 Å². The molecule has 1 saturated heterocycles. The van der Waals surface area contributed by atoms with Crippen molar-refractivity contribution < 1.29 is 14.7 Å². The van der Waals surface area contributed by atoms with Crippen LogP contribution in [-0.4, -0.2) is 44.8 Å². The summed E-state index contributed by atoms with van der Waals surface area (Å²) in [6, 6.07) is 10.5. The molecular weight excluding hydrogens is 342 g/mol. The molecule has 2 heterocycles. The van der Waals surface area contributed by atoms with Gasteiger partial charge < -0.3 is 10.0 Å². The highest BCUT2D eigenvalue weighted by Gasteiger charge is 2.27. The highest BCUT2D eigenvalue weighted by molar-refractivity contribution is 5.86. The van der Waals surface area contributed by atoms with Gasteiger partial charge in [0.15, 0.2) is 0 Å². The van der Waals surface area contributed by atoms with E-state index < -0.39 is 5.97 Å². The van der Waals surface area contributed by atoms with Crippen molar-refractivity contribution in [3.8, 4) is 0 Å². The number of nitrogens with zero attached hydrogens (tertiary/aromatic N) is 3. The van der Waals surface area contributed by atoms with E-state index in [1.807, 2.05) is 30.0 Å². The van der Waals surface area contributed by atoms with Crippen LogP contribution in [-0.2, 0) is 11.2 Å². The van der Waals surface area contributed by atoms with E-state index in [0.29, 0.717) is 13.1 Å². The summed E-state index contributed by atoms with van der Waals surface area (Å²) in [6.45, 7) is 3.43. The van der Waals surface area contributed by atoms with Gasteiger partial charge in [0.1, 0.15) is 0 Å². The number of hydrogen-bond donors (Lipinski definition) is 1. The van der Waals surface area contributed by atoms with Crippen LogP contribution < -0.4 is 0 Å². The largest absolute Gasteiger partial charge is 0.478 e. The molecular formula is C21H27N3O3. The summed E-state index contributed by atoms with van der Waals surface area (Å²) in [5.41, 5.74) is 1.53. The smallest absolute Gasteiger partial charge is 0.338 e. The third-order valence-corrected chi connectivity index (χ3v) is 5.37. The van der Waals surface area contributed by atoms with Crippen molar-refractivity contribution in [1.29, 1.82) is 0 Å². The first-order valence-electron chi connectivity index (χ1n) is 9.64.